The van der Waals surface area contributed by atoms with E-state index < -0.39 is 25.0 Å². The number of aliphatic hydroxyl groups excluding tert-OH is 3. The summed E-state index contributed by atoms with van der Waals surface area (Å²) in [7, 11) is -4.32. The average molecular weight is 900 g/mol. The molecule has 374 valence electrons. The molecule has 0 aromatic carbocycles. The fourth-order valence-electron chi connectivity index (χ4n) is 2.68. The Morgan fingerprint density at radius 2 is 0.552 bits per heavy atom. The molecule has 0 rings (SSSR count). The topological polar surface area (TPSA) is 88.4 Å². The molecule has 3 N–H and O–H groups in total. The summed E-state index contributed by atoms with van der Waals surface area (Å²) in [6.07, 6.45) is 13.6. The highest BCUT2D eigenvalue weighted by atomic mass is 28.4. The van der Waals surface area contributed by atoms with Crippen LogP contribution in [0, 0.1) is 0 Å². The van der Waals surface area contributed by atoms with Crippen molar-refractivity contribution in [2.24, 2.45) is 0 Å². The molecule has 58 heavy (non-hydrogen) atoms. The van der Waals surface area contributed by atoms with Gasteiger partial charge in [0.15, 0.2) is 25.0 Å². The minimum absolute atomic E-state index is 0. The minimum Gasteiger partial charge on any atom is -0.417 e. The van der Waals surface area contributed by atoms with Crippen molar-refractivity contribution in [1.29, 1.82) is 0 Å². The standard InChI is InChI=1S/C11H26OSi.C10H24OSi.C9H22OSi.C5H12O.C4H10O.C3H8O.7CH4/c1-7-8-9-10-12-13(5,6)11(2,3)4;1-7-8-9-11-12(5,6)10(2,3)4;1-7-8-10-11(5,6)9(2,3)4;1-2-3-4-5-6;1-2-3-4-5;1-2-3-4;;;;;;;/h7-10H2,1-6H3;7-9H2,1-6H3;7-8H2,1-6H3;6H,2-5H2,1H3;5H,2-4H2,1H3;4H,2-3H2,1H3;7*1H4. The predicted molar refractivity (Wildman–Crippen MR) is 287 cm³/mol. The van der Waals surface area contributed by atoms with Gasteiger partial charge >= 0.3 is 0 Å². The molecule has 9 heteroatoms. The van der Waals surface area contributed by atoms with E-state index in [4.69, 9.17) is 28.6 Å². The monoisotopic (exact) mass is 899 g/mol. The van der Waals surface area contributed by atoms with Gasteiger partial charge in [0.2, 0.25) is 0 Å². The molecule has 6 nitrogen and oxygen atoms in total. The molecular weight excluding hydrogens is 769 g/mol. The van der Waals surface area contributed by atoms with E-state index in [1.165, 1.54) is 38.5 Å². The van der Waals surface area contributed by atoms with Crippen LogP contribution in [-0.4, -0.2) is 79.9 Å². The van der Waals surface area contributed by atoms with Crippen molar-refractivity contribution in [2.45, 2.75) is 287 Å². The van der Waals surface area contributed by atoms with Gasteiger partial charge in [-0.05, 0) is 92.9 Å². The molecule has 0 aromatic heterocycles. The van der Waals surface area contributed by atoms with E-state index in [2.05, 4.69) is 136 Å². The zero-order valence-corrected chi connectivity index (χ0v) is 42.3. The van der Waals surface area contributed by atoms with Crippen LogP contribution in [0.2, 0.25) is 54.4 Å². The number of hydrogen-bond donors (Lipinski definition) is 3. The average Bonchev–Trinajstić information content (AvgIpc) is 3.01. The highest BCUT2D eigenvalue weighted by Crippen LogP contribution is 2.38. The van der Waals surface area contributed by atoms with Crippen LogP contribution >= 0.6 is 0 Å². The Labute approximate surface area is 379 Å². The summed E-state index contributed by atoms with van der Waals surface area (Å²) in [5.74, 6) is 0. The summed E-state index contributed by atoms with van der Waals surface area (Å²) >= 11 is 0. The third kappa shape index (κ3) is 65.5. The lowest BCUT2D eigenvalue weighted by Gasteiger charge is -2.36. The van der Waals surface area contributed by atoms with E-state index in [1.807, 2.05) is 6.92 Å². The van der Waals surface area contributed by atoms with Crippen molar-refractivity contribution in [3.63, 3.8) is 0 Å². The van der Waals surface area contributed by atoms with Crippen molar-refractivity contribution >= 4 is 25.0 Å². The van der Waals surface area contributed by atoms with Crippen LogP contribution in [0.4, 0.5) is 0 Å². The largest absolute Gasteiger partial charge is 0.417 e. The van der Waals surface area contributed by atoms with Gasteiger partial charge in [0, 0.05) is 39.6 Å². The van der Waals surface area contributed by atoms with Crippen molar-refractivity contribution < 1.29 is 28.6 Å². The fraction of sp³-hybridized carbons (Fsp3) is 1.00. The first-order valence-corrected chi connectivity index (χ1v) is 29.6. The molecule has 0 heterocycles. The normalized spacial score (nSPS) is 10.6. The molecule has 0 radical (unpaired) electrons. The molecule has 0 aliphatic carbocycles. The Hall–Kier alpha value is 0.411. The Morgan fingerprint density at radius 1 is 0.310 bits per heavy atom. The lowest BCUT2D eigenvalue weighted by molar-refractivity contribution is 0.278. The Bertz CT molecular complexity index is 661. The van der Waals surface area contributed by atoms with E-state index in [0.717, 1.165) is 58.3 Å². The van der Waals surface area contributed by atoms with Gasteiger partial charge in [0.25, 0.3) is 0 Å². The molecule has 0 spiro atoms. The first-order valence-electron chi connectivity index (χ1n) is 20.9. The molecule has 0 saturated carbocycles. The van der Waals surface area contributed by atoms with Crippen molar-refractivity contribution in [3.8, 4) is 0 Å². The number of unbranched alkanes of at least 4 members (excludes halogenated alkanes) is 6. The Morgan fingerprint density at radius 3 is 0.724 bits per heavy atom. The fourth-order valence-corrected chi connectivity index (χ4v) is 6.00. The summed E-state index contributed by atoms with van der Waals surface area (Å²) in [5, 5.41) is 25.2. The van der Waals surface area contributed by atoms with Gasteiger partial charge in [-0.15, -0.1) is 0 Å². The van der Waals surface area contributed by atoms with Crippen LogP contribution < -0.4 is 0 Å². The molecule has 0 amide bonds. The van der Waals surface area contributed by atoms with Crippen molar-refractivity contribution in [1.82, 2.24) is 0 Å². The molecule has 0 atom stereocenters. The second kappa shape index (κ2) is 55.4. The highest BCUT2D eigenvalue weighted by Gasteiger charge is 2.38. The van der Waals surface area contributed by atoms with E-state index >= 15 is 0 Å². The molecule has 0 bridgehead atoms. The maximum absolute atomic E-state index is 8.20. The van der Waals surface area contributed by atoms with Crippen LogP contribution in [0.25, 0.3) is 0 Å². The Kier molecular flexibility index (Phi) is 89.2. The quantitative estimate of drug-likeness (QED) is 0.0938. The van der Waals surface area contributed by atoms with Gasteiger partial charge < -0.3 is 28.6 Å². The van der Waals surface area contributed by atoms with E-state index in [-0.39, 0.29) is 52.0 Å². The van der Waals surface area contributed by atoms with Crippen LogP contribution in [-0.2, 0) is 13.3 Å². The lowest BCUT2D eigenvalue weighted by Crippen LogP contribution is -2.40. The summed E-state index contributed by atoms with van der Waals surface area (Å²) in [5.41, 5.74) is 0. The van der Waals surface area contributed by atoms with Gasteiger partial charge in [-0.25, -0.2) is 0 Å². The zero-order chi connectivity index (χ0) is 41.8. The predicted octanol–water partition coefficient (Wildman–Crippen LogP) is 18.2. The molecule has 0 unspecified atom stereocenters. The van der Waals surface area contributed by atoms with Gasteiger partial charge in [-0.1, -0.05) is 194 Å². The molecular formula is C49H130O6Si3. The molecule has 0 saturated heterocycles. The van der Waals surface area contributed by atoms with E-state index in [9.17, 15) is 0 Å². The SMILES string of the molecule is C.C.C.C.C.C.C.CCCCCO.CCCCCO[Si](C)(C)C(C)(C)C.CCCCO.CCCCO[Si](C)(C)C(C)(C)C.CCCO.CCCO[Si](C)(C)C(C)(C)C. The number of rotatable bonds is 18. The minimum atomic E-state index is -1.45. The number of hydrogen-bond acceptors (Lipinski definition) is 6. The third-order valence-electron chi connectivity index (χ3n) is 9.75. The smallest absolute Gasteiger partial charge is 0.191 e. The maximum atomic E-state index is 8.20. The van der Waals surface area contributed by atoms with Gasteiger partial charge in [0.05, 0.1) is 0 Å². The lowest BCUT2D eigenvalue weighted by atomic mass is 10.2. The van der Waals surface area contributed by atoms with Gasteiger partial charge in [-0.3, -0.25) is 0 Å². The van der Waals surface area contributed by atoms with Crippen molar-refractivity contribution in [2.75, 3.05) is 39.6 Å². The zero-order valence-electron chi connectivity index (χ0n) is 39.3. The summed E-state index contributed by atoms with van der Waals surface area (Å²) < 4.78 is 17.9. The third-order valence-corrected chi connectivity index (χ3v) is 23.4. The highest BCUT2D eigenvalue weighted by molar-refractivity contribution is 6.74. The molecule has 0 aromatic rings. The van der Waals surface area contributed by atoms with Crippen molar-refractivity contribution in [3.05, 3.63) is 0 Å². The van der Waals surface area contributed by atoms with Crippen LogP contribution in [0.3, 0.4) is 0 Å². The van der Waals surface area contributed by atoms with Crippen LogP contribution in [0.5, 0.6) is 0 Å². The van der Waals surface area contributed by atoms with Crippen LogP contribution in [0.1, 0.15) is 233 Å². The summed E-state index contributed by atoms with van der Waals surface area (Å²) in [6, 6.07) is 0. The second-order valence-electron chi connectivity index (χ2n) is 18.1. The summed E-state index contributed by atoms with van der Waals surface area (Å²) in [6.45, 7) is 50.9. The second-order valence-corrected chi connectivity index (χ2v) is 32.5. The molecule has 0 aliphatic rings. The van der Waals surface area contributed by atoms with E-state index in [1.54, 1.807) is 0 Å². The summed E-state index contributed by atoms with van der Waals surface area (Å²) in [4.78, 5) is 0. The maximum Gasteiger partial charge on any atom is 0.191 e. The first kappa shape index (κ1) is 93.4. The van der Waals surface area contributed by atoms with Gasteiger partial charge in [-0.2, -0.15) is 0 Å². The van der Waals surface area contributed by atoms with E-state index in [0.29, 0.717) is 34.9 Å². The van der Waals surface area contributed by atoms with Crippen LogP contribution in [0.15, 0.2) is 0 Å². The molecule has 0 fully saturated rings. The number of aliphatic hydroxyl groups is 3. The Balaban J connectivity index is -0.0000000387. The molecule has 0 aliphatic heterocycles. The first-order chi connectivity index (χ1) is 23.2. The van der Waals surface area contributed by atoms with Gasteiger partial charge in [0.1, 0.15) is 0 Å².